The second-order valence-corrected chi connectivity index (χ2v) is 5.69. The minimum atomic E-state index is -0.178. The minimum Gasteiger partial charge on any atom is -0.497 e. The highest BCUT2D eigenvalue weighted by Crippen LogP contribution is 2.27. The number of hydrogen-bond donors (Lipinski definition) is 1. The first-order valence-electron chi connectivity index (χ1n) is 7.02. The molecule has 0 saturated carbocycles. The van der Waals surface area contributed by atoms with Crippen molar-refractivity contribution in [3.63, 3.8) is 0 Å². The molecule has 0 aliphatic heterocycles. The molecule has 0 heterocycles. The van der Waals surface area contributed by atoms with Crippen LogP contribution in [0, 0.1) is 0 Å². The van der Waals surface area contributed by atoms with Crippen LogP contribution in [0.3, 0.4) is 0 Å². The molecule has 2 rings (SSSR count). The Morgan fingerprint density at radius 2 is 2.00 bits per heavy atom. The number of amides is 1. The van der Waals surface area contributed by atoms with E-state index in [-0.39, 0.29) is 5.91 Å². The summed E-state index contributed by atoms with van der Waals surface area (Å²) in [6.45, 7) is 2.92. The summed E-state index contributed by atoms with van der Waals surface area (Å²) >= 11 is 3.41. The van der Waals surface area contributed by atoms with Crippen molar-refractivity contribution in [3.05, 3.63) is 52.5 Å². The molecule has 1 N–H and O–H groups in total. The van der Waals surface area contributed by atoms with Crippen LogP contribution >= 0.6 is 15.9 Å². The third kappa shape index (κ3) is 3.60. The van der Waals surface area contributed by atoms with Gasteiger partial charge in [-0.1, -0.05) is 12.1 Å². The number of carbonyl (C=O) groups is 1. The number of nitrogens with one attached hydrogen (secondary N) is 1. The Morgan fingerprint density at radius 1 is 1.27 bits per heavy atom. The van der Waals surface area contributed by atoms with Gasteiger partial charge in [0.15, 0.2) is 0 Å². The molecule has 0 bridgehead atoms. The molecule has 0 aliphatic carbocycles. The zero-order chi connectivity index (χ0) is 16.1. The molecule has 116 valence electrons. The van der Waals surface area contributed by atoms with Crippen LogP contribution in [-0.4, -0.2) is 26.6 Å². The van der Waals surface area contributed by atoms with Crippen molar-refractivity contribution >= 4 is 33.2 Å². The monoisotopic (exact) mass is 362 g/mol. The number of para-hydroxylation sites is 2. The minimum absolute atomic E-state index is 0.178. The lowest BCUT2D eigenvalue weighted by Crippen LogP contribution is -2.20. The van der Waals surface area contributed by atoms with Gasteiger partial charge in [-0.3, -0.25) is 4.79 Å². The summed E-state index contributed by atoms with van der Waals surface area (Å²) in [7, 11) is 3.57. The lowest BCUT2D eigenvalue weighted by molar-refractivity contribution is 0.102. The molecule has 5 heteroatoms. The van der Waals surface area contributed by atoms with Crippen molar-refractivity contribution in [2.75, 3.05) is 30.9 Å². The van der Waals surface area contributed by atoms with E-state index in [2.05, 4.69) is 33.1 Å². The van der Waals surface area contributed by atoms with Gasteiger partial charge in [0.25, 0.3) is 5.91 Å². The summed E-state index contributed by atoms with van der Waals surface area (Å²) in [6.07, 6.45) is 0. The van der Waals surface area contributed by atoms with Crippen molar-refractivity contribution in [2.45, 2.75) is 6.92 Å². The maximum absolute atomic E-state index is 12.6. The Hall–Kier alpha value is -2.01. The molecular formula is C17H19BrN2O2. The molecule has 0 aromatic heterocycles. The van der Waals surface area contributed by atoms with Gasteiger partial charge in [-0.15, -0.1) is 0 Å². The number of hydrogen-bond acceptors (Lipinski definition) is 3. The van der Waals surface area contributed by atoms with E-state index in [1.54, 1.807) is 25.3 Å². The Morgan fingerprint density at radius 3 is 2.68 bits per heavy atom. The average Bonchev–Trinajstić information content (AvgIpc) is 2.55. The summed E-state index contributed by atoms with van der Waals surface area (Å²) in [5, 5.41) is 2.97. The lowest BCUT2D eigenvalue weighted by atomic mass is 10.2. The first-order chi connectivity index (χ1) is 10.6. The summed E-state index contributed by atoms with van der Waals surface area (Å²) in [4.78, 5) is 14.6. The second-order valence-electron chi connectivity index (χ2n) is 4.83. The van der Waals surface area contributed by atoms with Crippen LogP contribution in [0.1, 0.15) is 17.3 Å². The fraction of sp³-hybridized carbons (Fsp3) is 0.235. The first kappa shape index (κ1) is 16.4. The number of nitrogens with zero attached hydrogens (tertiary/aromatic N) is 1. The fourth-order valence-corrected chi connectivity index (χ4v) is 2.50. The SMILES string of the molecule is CCN(C)c1ccccc1NC(=O)c1cc(OC)ccc1Br. The Kier molecular flexibility index (Phi) is 5.44. The van der Waals surface area contributed by atoms with Crippen molar-refractivity contribution in [3.8, 4) is 5.75 Å². The number of halogens is 1. The zero-order valence-corrected chi connectivity index (χ0v) is 14.5. The topological polar surface area (TPSA) is 41.6 Å². The van der Waals surface area contributed by atoms with E-state index in [9.17, 15) is 4.79 Å². The number of ether oxygens (including phenoxy) is 1. The standard InChI is InChI=1S/C17H19BrN2O2/c1-4-20(2)16-8-6-5-7-15(16)19-17(21)13-11-12(22-3)9-10-14(13)18/h5-11H,4H2,1-3H3,(H,19,21). The number of rotatable bonds is 5. The molecule has 1 amide bonds. The highest BCUT2D eigenvalue weighted by Gasteiger charge is 2.14. The molecule has 22 heavy (non-hydrogen) atoms. The zero-order valence-electron chi connectivity index (χ0n) is 12.9. The van der Waals surface area contributed by atoms with E-state index < -0.39 is 0 Å². The molecule has 0 fully saturated rings. The van der Waals surface area contributed by atoms with Gasteiger partial charge in [0.2, 0.25) is 0 Å². The predicted octanol–water partition coefficient (Wildman–Crippen LogP) is 4.17. The van der Waals surface area contributed by atoms with Crippen LogP contribution in [-0.2, 0) is 0 Å². The molecule has 0 unspecified atom stereocenters. The largest absolute Gasteiger partial charge is 0.497 e. The van der Waals surface area contributed by atoms with E-state index in [1.807, 2.05) is 31.3 Å². The van der Waals surface area contributed by atoms with E-state index in [4.69, 9.17) is 4.74 Å². The van der Waals surface area contributed by atoms with Crippen molar-refractivity contribution < 1.29 is 9.53 Å². The van der Waals surface area contributed by atoms with Crippen LogP contribution in [0.15, 0.2) is 46.9 Å². The van der Waals surface area contributed by atoms with Crippen LogP contribution < -0.4 is 15.0 Å². The molecule has 4 nitrogen and oxygen atoms in total. The Balaban J connectivity index is 2.30. The van der Waals surface area contributed by atoms with E-state index >= 15 is 0 Å². The van der Waals surface area contributed by atoms with Gasteiger partial charge in [-0.25, -0.2) is 0 Å². The maximum atomic E-state index is 12.6. The third-order valence-electron chi connectivity index (χ3n) is 3.46. The summed E-state index contributed by atoms with van der Waals surface area (Å²) in [5.74, 6) is 0.468. The average molecular weight is 363 g/mol. The van der Waals surface area contributed by atoms with Gasteiger partial charge < -0.3 is 15.0 Å². The van der Waals surface area contributed by atoms with Gasteiger partial charge in [-0.05, 0) is 53.2 Å². The Bertz CT molecular complexity index is 673. The highest BCUT2D eigenvalue weighted by atomic mass is 79.9. The quantitative estimate of drug-likeness (QED) is 0.867. The summed E-state index contributed by atoms with van der Waals surface area (Å²) < 4.78 is 5.91. The number of benzene rings is 2. The van der Waals surface area contributed by atoms with Gasteiger partial charge in [0.1, 0.15) is 5.75 Å². The molecule has 0 aliphatic rings. The molecule has 0 atom stereocenters. The molecule has 0 saturated heterocycles. The van der Waals surface area contributed by atoms with Gasteiger partial charge in [0.05, 0.1) is 24.0 Å². The number of anilines is 2. The first-order valence-corrected chi connectivity index (χ1v) is 7.81. The fourth-order valence-electron chi connectivity index (χ4n) is 2.08. The van der Waals surface area contributed by atoms with Gasteiger partial charge >= 0.3 is 0 Å². The summed E-state index contributed by atoms with van der Waals surface area (Å²) in [6, 6.07) is 13.1. The van der Waals surface area contributed by atoms with Gasteiger partial charge in [-0.2, -0.15) is 0 Å². The van der Waals surface area contributed by atoms with Crippen molar-refractivity contribution in [2.24, 2.45) is 0 Å². The summed E-state index contributed by atoms with van der Waals surface area (Å²) in [5.41, 5.74) is 2.30. The third-order valence-corrected chi connectivity index (χ3v) is 4.15. The lowest BCUT2D eigenvalue weighted by Gasteiger charge is -2.21. The molecule has 0 radical (unpaired) electrons. The van der Waals surface area contributed by atoms with Crippen molar-refractivity contribution in [1.82, 2.24) is 0 Å². The smallest absolute Gasteiger partial charge is 0.257 e. The molecule has 2 aromatic rings. The predicted molar refractivity (Wildman–Crippen MR) is 94.0 cm³/mol. The van der Waals surface area contributed by atoms with Crippen LogP contribution in [0.4, 0.5) is 11.4 Å². The van der Waals surface area contributed by atoms with Crippen molar-refractivity contribution in [1.29, 1.82) is 0 Å². The number of carbonyl (C=O) groups excluding carboxylic acids is 1. The maximum Gasteiger partial charge on any atom is 0.257 e. The van der Waals surface area contributed by atoms with Crippen LogP contribution in [0.25, 0.3) is 0 Å². The van der Waals surface area contributed by atoms with E-state index in [0.29, 0.717) is 11.3 Å². The number of methoxy groups -OCH3 is 1. The highest BCUT2D eigenvalue weighted by molar-refractivity contribution is 9.10. The molecular weight excluding hydrogens is 344 g/mol. The van der Waals surface area contributed by atoms with E-state index in [0.717, 1.165) is 22.4 Å². The van der Waals surface area contributed by atoms with Gasteiger partial charge in [0, 0.05) is 18.1 Å². The van der Waals surface area contributed by atoms with E-state index in [1.165, 1.54) is 0 Å². The molecule has 0 spiro atoms. The second kappa shape index (κ2) is 7.31. The Labute approximate surface area is 139 Å². The normalized spacial score (nSPS) is 10.2. The molecule has 2 aromatic carbocycles. The van der Waals surface area contributed by atoms with Crippen LogP contribution in [0.2, 0.25) is 0 Å². The van der Waals surface area contributed by atoms with Crippen LogP contribution in [0.5, 0.6) is 5.75 Å².